The van der Waals surface area contributed by atoms with E-state index in [1.54, 1.807) is 24.3 Å². The molecule has 1 heterocycles. The van der Waals surface area contributed by atoms with Crippen molar-refractivity contribution < 1.29 is 23.4 Å². The highest BCUT2D eigenvalue weighted by Gasteiger charge is 2.26. The molecule has 1 aliphatic heterocycles. The van der Waals surface area contributed by atoms with Crippen molar-refractivity contribution in [3.63, 3.8) is 0 Å². The number of anilines is 2. The average molecular weight is 388 g/mol. The number of carbonyl (C=O) groups is 1. The number of methoxy groups -OCH3 is 3. The van der Waals surface area contributed by atoms with Gasteiger partial charge < -0.3 is 24.4 Å². The van der Waals surface area contributed by atoms with Crippen LogP contribution in [0.1, 0.15) is 12.8 Å². The Hall–Kier alpha value is -2.96. The highest BCUT2D eigenvalue weighted by atomic mass is 19.1. The fourth-order valence-electron chi connectivity index (χ4n) is 3.49. The third kappa shape index (κ3) is 4.13. The lowest BCUT2D eigenvalue weighted by molar-refractivity contribution is -0.120. The average Bonchev–Trinajstić information content (AvgIpc) is 2.73. The molecule has 6 nitrogen and oxygen atoms in total. The first-order valence-corrected chi connectivity index (χ1v) is 9.17. The van der Waals surface area contributed by atoms with Gasteiger partial charge in [0.05, 0.1) is 27.0 Å². The van der Waals surface area contributed by atoms with Crippen molar-refractivity contribution >= 4 is 17.3 Å². The summed E-state index contributed by atoms with van der Waals surface area (Å²) in [6, 6.07) is 10.1. The Labute approximate surface area is 164 Å². The highest BCUT2D eigenvalue weighted by Crippen LogP contribution is 2.40. The first-order valence-electron chi connectivity index (χ1n) is 9.17. The summed E-state index contributed by atoms with van der Waals surface area (Å²) in [4.78, 5) is 14.7. The van der Waals surface area contributed by atoms with Crippen LogP contribution in [0, 0.1) is 11.7 Å². The van der Waals surface area contributed by atoms with Crippen LogP contribution in [0.5, 0.6) is 17.2 Å². The lowest BCUT2D eigenvalue weighted by Crippen LogP contribution is -2.38. The van der Waals surface area contributed by atoms with Crippen molar-refractivity contribution in [3.8, 4) is 17.2 Å². The van der Waals surface area contributed by atoms with Crippen LogP contribution in [0.2, 0.25) is 0 Å². The van der Waals surface area contributed by atoms with E-state index in [0.29, 0.717) is 54.6 Å². The Balaban J connectivity index is 1.66. The van der Waals surface area contributed by atoms with E-state index in [0.717, 1.165) is 0 Å². The third-order valence-electron chi connectivity index (χ3n) is 4.99. The maximum absolute atomic E-state index is 14.0. The first kappa shape index (κ1) is 19.8. The number of nitrogens with one attached hydrogen (secondary N) is 1. The molecule has 1 amide bonds. The number of hydrogen-bond donors (Lipinski definition) is 1. The molecule has 0 saturated carbocycles. The molecule has 150 valence electrons. The second-order valence-electron chi connectivity index (χ2n) is 6.62. The Kier molecular flexibility index (Phi) is 6.23. The Morgan fingerprint density at radius 2 is 1.64 bits per heavy atom. The lowest BCUT2D eigenvalue weighted by Gasteiger charge is -2.33. The molecule has 3 rings (SSSR count). The van der Waals surface area contributed by atoms with Gasteiger partial charge in [0.2, 0.25) is 11.7 Å². The fraction of sp³-hybridized carbons (Fsp3) is 0.381. The van der Waals surface area contributed by atoms with E-state index in [2.05, 4.69) is 5.32 Å². The Bertz CT molecular complexity index is 810. The van der Waals surface area contributed by atoms with E-state index >= 15 is 0 Å². The van der Waals surface area contributed by atoms with Gasteiger partial charge in [0.15, 0.2) is 11.5 Å². The molecule has 0 aromatic heterocycles. The molecule has 1 aliphatic rings. The van der Waals surface area contributed by atoms with Gasteiger partial charge in [-0.25, -0.2) is 4.39 Å². The van der Waals surface area contributed by atoms with Crippen LogP contribution >= 0.6 is 0 Å². The van der Waals surface area contributed by atoms with Crippen LogP contribution in [0.15, 0.2) is 36.4 Å². The topological polar surface area (TPSA) is 60.0 Å². The lowest BCUT2D eigenvalue weighted by atomic mass is 9.95. The van der Waals surface area contributed by atoms with Crippen molar-refractivity contribution in [1.29, 1.82) is 0 Å². The number of rotatable bonds is 6. The van der Waals surface area contributed by atoms with Crippen molar-refractivity contribution in [2.24, 2.45) is 5.92 Å². The molecule has 2 aromatic rings. The van der Waals surface area contributed by atoms with E-state index in [1.165, 1.54) is 27.4 Å². The number of piperidine rings is 1. The summed E-state index contributed by atoms with van der Waals surface area (Å²) >= 11 is 0. The van der Waals surface area contributed by atoms with Crippen molar-refractivity contribution in [2.45, 2.75) is 12.8 Å². The summed E-state index contributed by atoms with van der Waals surface area (Å²) in [6.45, 7) is 1.27. The molecule has 28 heavy (non-hydrogen) atoms. The van der Waals surface area contributed by atoms with E-state index < -0.39 is 0 Å². The van der Waals surface area contributed by atoms with Gasteiger partial charge >= 0.3 is 0 Å². The molecule has 1 N–H and O–H groups in total. The monoisotopic (exact) mass is 388 g/mol. The molecule has 1 saturated heterocycles. The van der Waals surface area contributed by atoms with Gasteiger partial charge in [0, 0.05) is 36.8 Å². The smallest absolute Gasteiger partial charge is 0.227 e. The maximum Gasteiger partial charge on any atom is 0.227 e. The number of hydrogen-bond acceptors (Lipinski definition) is 5. The van der Waals surface area contributed by atoms with Gasteiger partial charge in [0.25, 0.3) is 0 Å². The first-order chi connectivity index (χ1) is 13.6. The van der Waals surface area contributed by atoms with Crippen LogP contribution in [0.25, 0.3) is 0 Å². The van der Waals surface area contributed by atoms with Crippen molar-refractivity contribution in [2.75, 3.05) is 44.6 Å². The van der Waals surface area contributed by atoms with Gasteiger partial charge in [-0.1, -0.05) is 12.1 Å². The molecule has 0 radical (unpaired) electrons. The summed E-state index contributed by atoms with van der Waals surface area (Å²) in [5, 5.41) is 2.93. The standard InChI is InChI=1S/C21H25FN2O4/c1-26-18-12-15(13-19(27-2)20(18)28-3)23-21(25)14-8-10-24(11-9-14)17-7-5-4-6-16(17)22/h4-7,12-14H,8-11H2,1-3H3,(H,23,25). The van der Waals surface area contributed by atoms with Crippen LogP contribution in [0.3, 0.4) is 0 Å². The molecular weight excluding hydrogens is 363 g/mol. The molecule has 0 spiro atoms. The molecule has 0 atom stereocenters. The van der Waals surface area contributed by atoms with Crippen molar-refractivity contribution in [1.82, 2.24) is 0 Å². The minimum Gasteiger partial charge on any atom is -0.493 e. The maximum atomic E-state index is 14.0. The quantitative estimate of drug-likeness (QED) is 0.818. The fourth-order valence-corrected chi connectivity index (χ4v) is 3.49. The number of nitrogens with zero attached hydrogens (tertiary/aromatic N) is 1. The predicted molar refractivity (Wildman–Crippen MR) is 106 cm³/mol. The summed E-state index contributed by atoms with van der Waals surface area (Å²) in [5.74, 6) is 0.992. The normalized spacial score (nSPS) is 14.5. The zero-order valence-electron chi connectivity index (χ0n) is 16.3. The zero-order valence-corrected chi connectivity index (χ0v) is 16.3. The molecule has 1 fully saturated rings. The summed E-state index contributed by atoms with van der Waals surface area (Å²) in [6.07, 6.45) is 1.31. The van der Waals surface area contributed by atoms with Gasteiger partial charge in [-0.3, -0.25) is 4.79 Å². The van der Waals surface area contributed by atoms with Crippen molar-refractivity contribution in [3.05, 3.63) is 42.2 Å². The van der Waals surface area contributed by atoms with Crippen LogP contribution in [-0.4, -0.2) is 40.3 Å². The van der Waals surface area contributed by atoms with Gasteiger partial charge in [-0.2, -0.15) is 0 Å². The van der Waals surface area contributed by atoms with E-state index in [1.807, 2.05) is 11.0 Å². The molecule has 0 aliphatic carbocycles. The van der Waals surface area contributed by atoms with E-state index in [9.17, 15) is 9.18 Å². The number of halogens is 1. The number of benzene rings is 2. The number of amides is 1. The van der Waals surface area contributed by atoms with Crippen LogP contribution in [0.4, 0.5) is 15.8 Å². The SMILES string of the molecule is COc1cc(NC(=O)C2CCN(c3ccccc3F)CC2)cc(OC)c1OC. The second-order valence-corrected chi connectivity index (χ2v) is 6.62. The van der Waals surface area contributed by atoms with Gasteiger partial charge in [-0.15, -0.1) is 0 Å². The minimum absolute atomic E-state index is 0.0672. The summed E-state index contributed by atoms with van der Waals surface area (Å²) in [5.41, 5.74) is 1.17. The molecule has 2 aromatic carbocycles. The Morgan fingerprint density at radius 1 is 1.04 bits per heavy atom. The van der Waals surface area contributed by atoms with Gasteiger partial charge in [-0.05, 0) is 25.0 Å². The number of carbonyl (C=O) groups excluding carboxylic acids is 1. The number of ether oxygens (including phenoxy) is 3. The zero-order chi connectivity index (χ0) is 20.1. The van der Waals surface area contributed by atoms with Crippen LogP contribution < -0.4 is 24.4 Å². The predicted octanol–water partition coefficient (Wildman–Crippen LogP) is 3.71. The largest absolute Gasteiger partial charge is 0.493 e. The second kappa shape index (κ2) is 8.82. The molecule has 7 heteroatoms. The Morgan fingerprint density at radius 3 is 2.18 bits per heavy atom. The molecular formula is C21H25FN2O4. The third-order valence-corrected chi connectivity index (χ3v) is 4.99. The highest BCUT2D eigenvalue weighted by molar-refractivity contribution is 5.93. The molecule has 0 unspecified atom stereocenters. The summed E-state index contributed by atoms with van der Waals surface area (Å²) < 4.78 is 29.9. The van der Waals surface area contributed by atoms with Gasteiger partial charge in [0.1, 0.15) is 5.82 Å². The van der Waals surface area contributed by atoms with Crippen LogP contribution in [-0.2, 0) is 4.79 Å². The van der Waals surface area contributed by atoms with E-state index in [4.69, 9.17) is 14.2 Å². The van der Waals surface area contributed by atoms with E-state index in [-0.39, 0.29) is 17.6 Å². The summed E-state index contributed by atoms with van der Waals surface area (Å²) in [7, 11) is 4.59. The number of para-hydroxylation sites is 1. The minimum atomic E-state index is -0.233. The molecule has 0 bridgehead atoms.